The predicted octanol–water partition coefficient (Wildman–Crippen LogP) is 0.998. The first kappa shape index (κ1) is 19.4. The van der Waals surface area contributed by atoms with Crippen LogP contribution in [0.1, 0.15) is 37.8 Å². The largest absolute Gasteiger partial charge is 0.350 e. The van der Waals surface area contributed by atoms with Crippen LogP contribution >= 0.6 is 0 Å². The van der Waals surface area contributed by atoms with Crippen LogP contribution in [0, 0.1) is 5.92 Å². The predicted molar refractivity (Wildman–Crippen MR) is 98.6 cm³/mol. The van der Waals surface area contributed by atoms with Gasteiger partial charge in [0, 0.05) is 13.1 Å². The van der Waals surface area contributed by atoms with E-state index in [4.69, 9.17) is 5.73 Å². The number of amides is 2. The summed E-state index contributed by atoms with van der Waals surface area (Å²) in [4.78, 5) is 26.0. The van der Waals surface area contributed by atoms with Crippen molar-refractivity contribution >= 4 is 11.8 Å². The number of hydrogen-bond donors (Lipinski definition) is 3. The molecule has 138 valence electrons. The highest BCUT2D eigenvalue weighted by Crippen LogP contribution is 2.13. The van der Waals surface area contributed by atoms with Gasteiger partial charge in [0.1, 0.15) is 0 Å². The highest BCUT2D eigenvalue weighted by molar-refractivity contribution is 5.87. The summed E-state index contributed by atoms with van der Waals surface area (Å²) in [6.45, 7) is 7.51. The van der Waals surface area contributed by atoms with Gasteiger partial charge in [0.2, 0.25) is 11.8 Å². The number of carbonyl (C=O) groups excluding carboxylic acids is 2. The Labute approximate surface area is 150 Å². The Morgan fingerprint density at radius 3 is 2.28 bits per heavy atom. The summed E-state index contributed by atoms with van der Waals surface area (Å²) in [6, 6.07) is 7.72. The molecule has 0 bridgehead atoms. The molecule has 1 heterocycles. The lowest BCUT2D eigenvalue weighted by molar-refractivity contribution is -0.127. The van der Waals surface area contributed by atoms with Crippen molar-refractivity contribution in [1.82, 2.24) is 15.5 Å². The molecule has 0 saturated carbocycles. The van der Waals surface area contributed by atoms with Crippen LogP contribution in [0.15, 0.2) is 24.3 Å². The van der Waals surface area contributed by atoms with Gasteiger partial charge in [0.15, 0.2) is 0 Å². The first-order chi connectivity index (χ1) is 12.0. The van der Waals surface area contributed by atoms with E-state index in [2.05, 4.69) is 27.7 Å². The van der Waals surface area contributed by atoms with E-state index in [-0.39, 0.29) is 24.3 Å². The molecule has 0 radical (unpaired) electrons. The Kier molecular flexibility index (Phi) is 7.40. The number of nitrogens with one attached hydrogen (secondary N) is 2. The number of benzene rings is 1. The molecule has 1 aromatic carbocycles. The molecule has 0 unspecified atom stereocenters. The third kappa shape index (κ3) is 6.48. The van der Waals surface area contributed by atoms with Crippen LogP contribution in [0.4, 0.5) is 0 Å². The SMILES string of the molecule is CC(C)[C@H](N)C(=O)NCC(=O)NCc1ccc(CN2CCCC2)cc1. The van der Waals surface area contributed by atoms with E-state index in [1.807, 2.05) is 26.0 Å². The average Bonchev–Trinajstić information content (AvgIpc) is 3.11. The van der Waals surface area contributed by atoms with Crippen LogP contribution in [0.25, 0.3) is 0 Å². The minimum absolute atomic E-state index is 0.0436. The lowest BCUT2D eigenvalue weighted by atomic mass is 10.1. The molecule has 0 spiro atoms. The van der Waals surface area contributed by atoms with Crippen LogP contribution in [0.3, 0.4) is 0 Å². The molecular weight excluding hydrogens is 316 g/mol. The second-order valence-electron chi connectivity index (χ2n) is 7.06. The van der Waals surface area contributed by atoms with E-state index in [0.717, 1.165) is 12.1 Å². The van der Waals surface area contributed by atoms with Crippen LogP contribution in [-0.4, -0.2) is 42.4 Å². The molecule has 0 aliphatic carbocycles. The van der Waals surface area contributed by atoms with E-state index in [1.54, 1.807) is 0 Å². The molecule has 0 aromatic heterocycles. The molecule has 1 saturated heterocycles. The Morgan fingerprint density at radius 1 is 1.08 bits per heavy atom. The molecule has 1 aliphatic rings. The second-order valence-corrected chi connectivity index (χ2v) is 7.06. The van der Waals surface area contributed by atoms with E-state index in [9.17, 15) is 9.59 Å². The van der Waals surface area contributed by atoms with Crippen LogP contribution in [0.5, 0.6) is 0 Å². The van der Waals surface area contributed by atoms with Crippen LogP contribution in [0.2, 0.25) is 0 Å². The second kappa shape index (κ2) is 9.53. The highest BCUT2D eigenvalue weighted by atomic mass is 16.2. The molecule has 2 amide bonds. The quantitative estimate of drug-likeness (QED) is 0.655. The summed E-state index contributed by atoms with van der Waals surface area (Å²) in [5.74, 6) is -0.469. The number of nitrogens with zero attached hydrogens (tertiary/aromatic N) is 1. The summed E-state index contributed by atoms with van der Waals surface area (Å²) < 4.78 is 0. The van der Waals surface area contributed by atoms with Crippen LogP contribution in [-0.2, 0) is 22.7 Å². The van der Waals surface area contributed by atoms with Crippen molar-refractivity contribution in [3.05, 3.63) is 35.4 Å². The molecule has 6 nitrogen and oxygen atoms in total. The van der Waals surface area contributed by atoms with Gasteiger partial charge in [-0.2, -0.15) is 0 Å². The number of rotatable bonds is 8. The molecule has 1 fully saturated rings. The summed E-state index contributed by atoms with van der Waals surface area (Å²) in [7, 11) is 0. The number of likely N-dealkylation sites (tertiary alicyclic amines) is 1. The fourth-order valence-corrected chi connectivity index (χ4v) is 2.81. The average molecular weight is 346 g/mol. The first-order valence-corrected chi connectivity index (χ1v) is 9.06. The van der Waals surface area contributed by atoms with Crippen LogP contribution < -0.4 is 16.4 Å². The molecular formula is C19H30N4O2. The van der Waals surface area contributed by atoms with Gasteiger partial charge in [-0.3, -0.25) is 14.5 Å². The zero-order chi connectivity index (χ0) is 18.2. The van der Waals surface area contributed by atoms with Gasteiger partial charge in [-0.15, -0.1) is 0 Å². The van der Waals surface area contributed by atoms with E-state index >= 15 is 0 Å². The van der Waals surface area contributed by atoms with Gasteiger partial charge in [0.05, 0.1) is 12.6 Å². The van der Waals surface area contributed by atoms with Crippen molar-refractivity contribution in [2.75, 3.05) is 19.6 Å². The Bertz CT molecular complexity index is 565. The molecule has 25 heavy (non-hydrogen) atoms. The van der Waals surface area contributed by atoms with Crippen molar-refractivity contribution in [2.45, 2.75) is 45.8 Å². The maximum atomic E-state index is 11.8. The van der Waals surface area contributed by atoms with Gasteiger partial charge in [-0.25, -0.2) is 0 Å². The smallest absolute Gasteiger partial charge is 0.239 e. The van der Waals surface area contributed by atoms with Gasteiger partial charge >= 0.3 is 0 Å². The van der Waals surface area contributed by atoms with Crippen molar-refractivity contribution < 1.29 is 9.59 Å². The molecule has 1 aliphatic heterocycles. The number of carbonyl (C=O) groups is 2. The van der Waals surface area contributed by atoms with Crippen molar-refractivity contribution in [1.29, 1.82) is 0 Å². The fourth-order valence-electron chi connectivity index (χ4n) is 2.81. The normalized spacial score (nSPS) is 16.0. The Hall–Kier alpha value is -1.92. The van der Waals surface area contributed by atoms with E-state index in [1.165, 1.54) is 31.5 Å². The molecule has 1 atom stereocenters. The minimum Gasteiger partial charge on any atom is -0.350 e. The minimum atomic E-state index is -0.587. The lowest BCUT2D eigenvalue weighted by Crippen LogP contribution is -2.47. The molecule has 6 heteroatoms. The summed E-state index contributed by atoms with van der Waals surface area (Å²) in [5.41, 5.74) is 8.08. The maximum absolute atomic E-state index is 11.8. The van der Waals surface area contributed by atoms with Gasteiger partial charge < -0.3 is 16.4 Å². The third-order valence-corrected chi connectivity index (χ3v) is 4.56. The Balaban J connectivity index is 1.69. The summed E-state index contributed by atoms with van der Waals surface area (Å²) >= 11 is 0. The molecule has 4 N–H and O–H groups in total. The van der Waals surface area contributed by atoms with E-state index < -0.39 is 6.04 Å². The van der Waals surface area contributed by atoms with Crippen molar-refractivity contribution in [2.24, 2.45) is 11.7 Å². The number of nitrogens with two attached hydrogens (primary N) is 1. The number of hydrogen-bond acceptors (Lipinski definition) is 4. The standard InChI is InChI=1S/C19H30N4O2/c1-14(2)18(20)19(25)22-12-17(24)21-11-15-5-7-16(8-6-15)13-23-9-3-4-10-23/h5-8,14,18H,3-4,9-13,20H2,1-2H3,(H,21,24)(H,22,25)/t18-/m0/s1. The highest BCUT2D eigenvalue weighted by Gasteiger charge is 2.17. The molecule has 1 aromatic rings. The zero-order valence-electron chi connectivity index (χ0n) is 15.3. The van der Waals surface area contributed by atoms with Crippen molar-refractivity contribution in [3.8, 4) is 0 Å². The van der Waals surface area contributed by atoms with Gasteiger partial charge in [-0.1, -0.05) is 38.1 Å². The first-order valence-electron chi connectivity index (χ1n) is 9.06. The lowest BCUT2D eigenvalue weighted by Gasteiger charge is -2.15. The molecule has 2 rings (SSSR count). The fraction of sp³-hybridized carbons (Fsp3) is 0.579. The van der Waals surface area contributed by atoms with Gasteiger partial charge in [-0.05, 0) is 43.0 Å². The summed E-state index contributed by atoms with van der Waals surface area (Å²) in [6.07, 6.45) is 2.59. The topological polar surface area (TPSA) is 87.5 Å². The monoisotopic (exact) mass is 346 g/mol. The maximum Gasteiger partial charge on any atom is 0.239 e. The summed E-state index contributed by atoms with van der Waals surface area (Å²) in [5, 5.41) is 5.38. The van der Waals surface area contributed by atoms with Gasteiger partial charge in [0.25, 0.3) is 0 Å². The third-order valence-electron chi connectivity index (χ3n) is 4.56. The Morgan fingerprint density at radius 2 is 1.68 bits per heavy atom. The van der Waals surface area contributed by atoms with Crippen molar-refractivity contribution in [3.63, 3.8) is 0 Å². The zero-order valence-corrected chi connectivity index (χ0v) is 15.3. The van der Waals surface area contributed by atoms with E-state index in [0.29, 0.717) is 6.54 Å².